The predicted octanol–water partition coefficient (Wildman–Crippen LogP) is 3.46. The monoisotopic (exact) mass is 435 g/mol. The van der Waals surface area contributed by atoms with Crippen LogP contribution in [0.1, 0.15) is 38.7 Å². The van der Waals surface area contributed by atoms with Gasteiger partial charge in [0.25, 0.3) is 0 Å². The first-order valence-corrected chi connectivity index (χ1v) is 11.9. The number of likely N-dealkylation sites (tertiary alicyclic amines) is 1. The van der Waals surface area contributed by atoms with Gasteiger partial charge in [-0.05, 0) is 55.3 Å². The van der Waals surface area contributed by atoms with Gasteiger partial charge in [0.2, 0.25) is 5.91 Å². The molecule has 2 heterocycles. The molecule has 2 aliphatic rings. The van der Waals surface area contributed by atoms with Gasteiger partial charge in [0.1, 0.15) is 0 Å². The Morgan fingerprint density at radius 3 is 2.80 bits per heavy atom. The molecule has 0 saturated carbocycles. The van der Waals surface area contributed by atoms with Crippen molar-refractivity contribution in [2.24, 2.45) is 11.8 Å². The Kier molecular flexibility index (Phi) is 9.44. The fourth-order valence-corrected chi connectivity index (χ4v) is 5.11. The average molecular weight is 436 g/mol. The van der Waals surface area contributed by atoms with Crippen LogP contribution < -0.4 is 5.32 Å². The van der Waals surface area contributed by atoms with Gasteiger partial charge >= 0.3 is 0 Å². The van der Waals surface area contributed by atoms with Gasteiger partial charge in [-0.3, -0.25) is 9.69 Å². The maximum Gasteiger partial charge on any atom is 0.220 e. The molecule has 0 radical (unpaired) electrons. The molecule has 1 aromatic carbocycles. The van der Waals surface area contributed by atoms with Gasteiger partial charge in [-0.25, -0.2) is 0 Å². The number of hydrogen-bond donors (Lipinski definition) is 1. The fraction of sp³-hybridized carbons (Fsp3) is 0.708. The van der Waals surface area contributed by atoms with Crippen LogP contribution in [0, 0.1) is 11.8 Å². The molecule has 0 aromatic heterocycles. The third kappa shape index (κ3) is 7.52. The number of amides is 1. The number of morpholine rings is 1. The number of carbonyl (C=O) groups excluding carboxylic acids is 1. The summed E-state index contributed by atoms with van der Waals surface area (Å²) >= 11 is 6.04. The minimum atomic E-state index is 0.165. The van der Waals surface area contributed by atoms with Crippen LogP contribution in [-0.2, 0) is 16.0 Å². The molecule has 1 aromatic rings. The van der Waals surface area contributed by atoms with Crippen LogP contribution in [0.2, 0.25) is 5.02 Å². The van der Waals surface area contributed by atoms with E-state index < -0.39 is 0 Å². The third-order valence-electron chi connectivity index (χ3n) is 6.28. The lowest BCUT2D eigenvalue weighted by atomic mass is 9.86. The highest BCUT2D eigenvalue weighted by molar-refractivity contribution is 6.30. The molecule has 0 unspecified atom stereocenters. The molecule has 0 bridgehead atoms. The first-order valence-electron chi connectivity index (χ1n) is 11.6. The van der Waals surface area contributed by atoms with Gasteiger partial charge < -0.3 is 15.0 Å². The molecule has 2 saturated heterocycles. The second-order valence-electron chi connectivity index (χ2n) is 9.19. The highest BCUT2D eigenvalue weighted by Crippen LogP contribution is 2.27. The smallest absolute Gasteiger partial charge is 0.220 e. The number of nitrogens with one attached hydrogen (secondary N) is 1. The molecule has 30 heavy (non-hydrogen) atoms. The van der Waals surface area contributed by atoms with E-state index in [1.54, 1.807) is 0 Å². The summed E-state index contributed by atoms with van der Waals surface area (Å²) in [6, 6.07) is 8.43. The van der Waals surface area contributed by atoms with Crippen molar-refractivity contribution in [1.82, 2.24) is 15.1 Å². The SMILES string of the molecule is CC(C)CN1CC[C@H](N2CCOCC2)[C@H](CCC(=O)NCCc2cccc(Cl)c2)C1. The molecule has 2 aliphatic heterocycles. The molecular weight excluding hydrogens is 398 g/mol. The topological polar surface area (TPSA) is 44.8 Å². The van der Waals surface area contributed by atoms with E-state index in [1.165, 1.54) is 13.0 Å². The summed E-state index contributed by atoms with van der Waals surface area (Å²) in [5, 5.41) is 3.85. The number of hydrogen-bond acceptors (Lipinski definition) is 4. The van der Waals surface area contributed by atoms with E-state index in [4.69, 9.17) is 16.3 Å². The summed E-state index contributed by atoms with van der Waals surface area (Å²) in [7, 11) is 0. The molecule has 168 valence electrons. The summed E-state index contributed by atoms with van der Waals surface area (Å²) in [6.07, 6.45) is 3.58. The molecule has 2 atom stereocenters. The highest BCUT2D eigenvalue weighted by Gasteiger charge is 2.34. The minimum absolute atomic E-state index is 0.165. The molecule has 1 N–H and O–H groups in total. The molecule has 0 aliphatic carbocycles. The van der Waals surface area contributed by atoms with Crippen LogP contribution in [0.4, 0.5) is 0 Å². The number of rotatable bonds is 9. The minimum Gasteiger partial charge on any atom is -0.379 e. The van der Waals surface area contributed by atoms with Gasteiger partial charge in [0.15, 0.2) is 0 Å². The number of ether oxygens (including phenoxy) is 1. The van der Waals surface area contributed by atoms with Crippen LogP contribution in [0.5, 0.6) is 0 Å². The fourth-order valence-electron chi connectivity index (χ4n) is 4.89. The number of benzene rings is 1. The van der Waals surface area contributed by atoms with Crippen molar-refractivity contribution in [3.63, 3.8) is 0 Å². The zero-order chi connectivity index (χ0) is 21.3. The number of halogens is 1. The molecule has 1 amide bonds. The summed E-state index contributed by atoms with van der Waals surface area (Å²) in [5.74, 6) is 1.40. The maximum absolute atomic E-state index is 12.5. The van der Waals surface area contributed by atoms with Crippen molar-refractivity contribution in [2.45, 2.75) is 45.6 Å². The number of carbonyl (C=O) groups is 1. The first-order chi connectivity index (χ1) is 14.5. The lowest BCUT2D eigenvalue weighted by molar-refractivity contribution is -0.121. The Morgan fingerprint density at radius 2 is 2.07 bits per heavy atom. The predicted molar refractivity (Wildman–Crippen MR) is 123 cm³/mol. The van der Waals surface area contributed by atoms with Crippen LogP contribution in [0.25, 0.3) is 0 Å². The van der Waals surface area contributed by atoms with E-state index in [1.807, 2.05) is 18.2 Å². The van der Waals surface area contributed by atoms with Crippen molar-refractivity contribution < 1.29 is 9.53 Å². The van der Waals surface area contributed by atoms with Crippen molar-refractivity contribution in [1.29, 1.82) is 0 Å². The van der Waals surface area contributed by atoms with Crippen molar-refractivity contribution in [2.75, 3.05) is 52.5 Å². The standard InChI is InChI=1S/C24H38ClN3O2/c1-19(2)17-27-11-9-23(28-12-14-30-15-13-28)21(18-27)6-7-24(29)26-10-8-20-4-3-5-22(25)16-20/h3-5,16,19,21,23H,6-15,17-18H2,1-2H3,(H,26,29)/t21-,23+/m1/s1. The van der Waals surface area contributed by atoms with Crippen LogP contribution in [0.15, 0.2) is 24.3 Å². The average Bonchev–Trinajstić information content (AvgIpc) is 2.73. The lowest BCUT2D eigenvalue weighted by Crippen LogP contribution is -2.54. The molecule has 2 fully saturated rings. The van der Waals surface area contributed by atoms with Gasteiger partial charge in [0.05, 0.1) is 13.2 Å². The highest BCUT2D eigenvalue weighted by atomic mass is 35.5. The second-order valence-corrected chi connectivity index (χ2v) is 9.62. The molecule has 5 nitrogen and oxygen atoms in total. The zero-order valence-electron chi connectivity index (χ0n) is 18.6. The van der Waals surface area contributed by atoms with Crippen molar-refractivity contribution in [3.8, 4) is 0 Å². The molecule has 6 heteroatoms. The van der Waals surface area contributed by atoms with E-state index in [-0.39, 0.29) is 5.91 Å². The molecule has 3 rings (SSSR count). The van der Waals surface area contributed by atoms with E-state index in [9.17, 15) is 4.79 Å². The third-order valence-corrected chi connectivity index (χ3v) is 6.52. The maximum atomic E-state index is 12.5. The Bertz CT molecular complexity index is 664. The normalized spacial score (nSPS) is 23.6. The van der Waals surface area contributed by atoms with E-state index in [0.717, 1.165) is 62.8 Å². The zero-order valence-corrected chi connectivity index (χ0v) is 19.4. The Morgan fingerprint density at radius 1 is 1.27 bits per heavy atom. The van der Waals surface area contributed by atoms with Crippen LogP contribution in [0.3, 0.4) is 0 Å². The van der Waals surface area contributed by atoms with Gasteiger partial charge in [-0.1, -0.05) is 37.6 Å². The molecule has 0 spiro atoms. The lowest BCUT2D eigenvalue weighted by Gasteiger charge is -2.45. The number of nitrogens with zero attached hydrogens (tertiary/aromatic N) is 2. The Labute approximate surface area is 187 Å². The van der Waals surface area contributed by atoms with Crippen molar-refractivity contribution in [3.05, 3.63) is 34.9 Å². The number of piperidine rings is 1. The quantitative estimate of drug-likeness (QED) is 0.645. The first kappa shape index (κ1) is 23.5. The van der Waals surface area contributed by atoms with E-state index in [2.05, 4.69) is 35.0 Å². The van der Waals surface area contributed by atoms with Gasteiger partial charge in [-0.15, -0.1) is 0 Å². The summed E-state index contributed by atoms with van der Waals surface area (Å²) < 4.78 is 5.56. The summed E-state index contributed by atoms with van der Waals surface area (Å²) in [4.78, 5) is 17.7. The van der Waals surface area contributed by atoms with Crippen molar-refractivity contribution >= 4 is 17.5 Å². The summed E-state index contributed by atoms with van der Waals surface area (Å²) in [5.41, 5.74) is 1.16. The van der Waals surface area contributed by atoms with E-state index in [0.29, 0.717) is 30.8 Å². The van der Waals surface area contributed by atoms with E-state index >= 15 is 0 Å². The van der Waals surface area contributed by atoms with Gasteiger partial charge in [-0.2, -0.15) is 0 Å². The molecular formula is C24H38ClN3O2. The van der Waals surface area contributed by atoms with Gasteiger partial charge in [0, 0.05) is 50.2 Å². The Hall–Kier alpha value is -1.14. The Balaban J connectivity index is 1.47. The second kappa shape index (κ2) is 12.0. The van der Waals surface area contributed by atoms with Crippen LogP contribution in [-0.4, -0.2) is 74.2 Å². The van der Waals surface area contributed by atoms with Crippen LogP contribution >= 0.6 is 11.6 Å². The largest absolute Gasteiger partial charge is 0.379 e. The summed E-state index contributed by atoms with van der Waals surface area (Å²) in [6.45, 7) is 12.4.